The summed E-state index contributed by atoms with van der Waals surface area (Å²) in [4.78, 5) is 24.8. The smallest absolute Gasteiger partial charge is 0.354 e. The van der Waals surface area contributed by atoms with E-state index in [1.54, 1.807) is 0 Å². The number of nitro benzene ring substituents is 1. The molecule has 0 fully saturated rings. The number of hydrogen-bond donors (Lipinski definition) is 1. The van der Waals surface area contributed by atoms with Crippen LogP contribution in [0.1, 0.15) is 16.1 Å². The standard InChI is InChI=1S/C13H9FN2O5/c14-9-3-4-10(16(19)20)11(6-9)21-7-8-2-1-5-15-12(8)13(17)18/h1-6H,7H2,(H,17,18). The van der Waals surface area contributed by atoms with Crippen LogP contribution in [0, 0.1) is 15.9 Å². The van der Waals surface area contributed by atoms with E-state index in [0.717, 1.165) is 18.2 Å². The van der Waals surface area contributed by atoms with Crippen LogP contribution < -0.4 is 4.74 Å². The Kier molecular flexibility index (Phi) is 4.07. The van der Waals surface area contributed by atoms with Crippen LogP contribution in [0.15, 0.2) is 36.5 Å². The molecular weight excluding hydrogens is 283 g/mol. The molecule has 0 saturated heterocycles. The summed E-state index contributed by atoms with van der Waals surface area (Å²) < 4.78 is 18.3. The molecule has 0 saturated carbocycles. The zero-order valence-corrected chi connectivity index (χ0v) is 10.5. The average molecular weight is 292 g/mol. The minimum Gasteiger partial charge on any atom is -0.482 e. The number of carbonyl (C=O) groups is 1. The van der Waals surface area contributed by atoms with E-state index in [2.05, 4.69) is 4.98 Å². The summed E-state index contributed by atoms with van der Waals surface area (Å²) >= 11 is 0. The maximum atomic E-state index is 13.1. The van der Waals surface area contributed by atoms with Gasteiger partial charge in [0.15, 0.2) is 11.4 Å². The Hall–Kier alpha value is -3.03. The maximum absolute atomic E-state index is 13.1. The summed E-state index contributed by atoms with van der Waals surface area (Å²) in [5.74, 6) is -2.22. The Morgan fingerprint density at radius 3 is 2.86 bits per heavy atom. The zero-order chi connectivity index (χ0) is 15.4. The van der Waals surface area contributed by atoms with E-state index >= 15 is 0 Å². The number of benzene rings is 1. The monoisotopic (exact) mass is 292 g/mol. The third kappa shape index (κ3) is 3.30. The van der Waals surface area contributed by atoms with Gasteiger partial charge < -0.3 is 9.84 Å². The highest BCUT2D eigenvalue weighted by Gasteiger charge is 2.17. The van der Waals surface area contributed by atoms with Crippen molar-refractivity contribution in [3.05, 3.63) is 63.7 Å². The third-order valence-electron chi connectivity index (χ3n) is 2.60. The zero-order valence-electron chi connectivity index (χ0n) is 10.5. The molecule has 0 radical (unpaired) electrons. The van der Waals surface area contributed by atoms with Crippen LogP contribution in [0.25, 0.3) is 0 Å². The molecule has 1 aromatic heterocycles. The molecule has 0 unspecified atom stereocenters. The number of carboxylic acid groups (broad SMARTS) is 1. The Bertz CT molecular complexity index is 705. The topological polar surface area (TPSA) is 103 Å². The molecule has 2 rings (SSSR count). The first-order valence-corrected chi connectivity index (χ1v) is 5.73. The SMILES string of the molecule is O=C(O)c1ncccc1COc1cc(F)ccc1[N+](=O)[O-]. The number of nitro groups is 1. The van der Waals surface area contributed by atoms with E-state index in [0.29, 0.717) is 0 Å². The fourth-order valence-corrected chi connectivity index (χ4v) is 1.66. The molecule has 0 aliphatic rings. The number of aromatic nitrogens is 1. The van der Waals surface area contributed by atoms with Crippen molar-refractivity contribution >= 4 is 11.7 Å². The van der Waals surface area contributed by atoms with Crippen molar-refractivity contribution in [2.45, 2.75) is 6.61 Å². The van der Waals surface area contributed by atoms with Crippen molar-refractivity contribution in [1.29, 1.82) is 0 Å². The summed E-state index contributed by atoms with van der Waals surface area (Å²) in [7, 11) is 0. The van der Waals surface area contributed by atoms with Crippen molar-refractivity contribution in [3.63, 3.8) is 0 Å². The number of hydrogen-bond acceptors (Lipinski definition) is 5. The number of rotatable bonds is 5. The van der Waals surface area contributed by atoms with Crippen molar-refractivity contribution in [2.75, 3.05) is 0 Å². The fourth-order valence-electron chi connectivity index (χ4n) is 1.66. The fraction of sp³-hybridized carbons (Fsp3) is 0.0769. The second kappa shape index (κ2) is 5.95. The van der Waals surface area contributed by atoms with Crippen LogP contribution in [-0.4, -0.2) is 21.0 Å². The largest absolute Gasteiger partial charge is 0.482 e. The van der Waals surface area contributed by atoms with Gasteiger partial charge in [-0.15, -0.1) is 0 Å². The van der Waals surface area contributed by atoms with Crippen molar-refractivity contribution in [1.82, 2.24) is 4.98 Å². The summed E-state index contributed by atoms with van der Waals surface area (Å²) in [6, 6.07) is 5.76. The Balaban J connectivity index is 2.27. The molecule has 1 N–H and O–H groups in total. The molecule has 0 aliphatic carbocycles. The Labute approximate surface area is 117 Å². The van der Waals surface area contributed by atoms with Gasteiger partial charge in [-0.05, 0) is 12.1 Å². The van der Waals surface area contributed by atoms with E-state index in [1.165, 1.54) is 18.3 Å². The first kappa shape index (κ1) is 14.4. The average Bonchev–Trinajstić information content (AvgIpc) is 2.45. The quantitative estimate of drug-likeness (QED) is 0.670. The highest BCUT2D eigenvalue weighted by Crippen LogP contribution is 2.28. The van der Waals surface area contributed by atoms with Crippen LogP contribution in [-0.2, 0) is 6.61 Å². The molecular formula is C13H9FN2O5. The van der Waals surface area contributed by atoms with Crippen LogP contribution in [0.3, 0.4) is 0 Å². The van der Waals surface area contributed by atoms with Gasteiger partial charge in [-0.1, -0.05) is 6.07 Å². The Morgan fingerprint density at radius 1 is 1.43 bits per heavy atom. The number of ether oxygens (including phenoxy) is 1. The van der Waals surface area contributed by atoms with Crippen LogP contribution >= 0.6 is 0 Å². The number of carboxylic acids is 1. The molecule has 0 amide bonds. The van der Waals surface area contributed by atoms with Gasteiger partial charge in [0.05, 0.1) is 4.92 Å². The van der Waals surface area contributed by atoms with E-state index in [-0.39, 0.29) is 23.6 Å². The summed E-state index contributed by atoms with van der Waals surface area (Å²) in [5, 5.41) is 19.8. The predicted molar refractivity (Wildman–Crippen MR) is 68.6 cm³/mol. The van der Waals surface area contributed by atoms with Crippen LogP contribution in [0.4, 0.5) is 10.1 Å². The van der Waals surface area contributed by atoms with Crippen molar-refractivity contribution in [2.24, 2.45) is 0 Å². The van der Waals surface area contributed by atoms with Gasteiger partial charge in [0.2, 0.25) is 0 Å². The summed E-state index contributed by atoms with van der Waals surface area (Å²) in [6.45, 7) is -0.278. The van der Waals surface area contributed by atoms with Crippen molar-refractivity contribution < 1.29 is 24.0 Å². The van der Waals surface area contributed by atoms with Crippen LogP contribution in [0.2, 0.25) is 0 Å². The molecule has 1 aromatic carbocycles. The second-order valence-corrected chi connectivity index (χ2v) is 3.97. The van der Waals surface area contributed by atoms with Gasteiger partial charge in [-0.2, -0.15) is 0 Å². The van der Waals surface area contributed by atoms with Gasteiger partial charge in [0, 0.05) is 23.9 Å². The second-order valence-electron chi connectivity index (χ2n) is 3.97. The molecule has 21 heavy (non-hydrogen) atoms. The molecule has 0 atom stereocenters. The molecule has 108 valence electrons. The third-order valence-corrected chi connectivity index (χ3v) is 2.60. The minimum absolute atomic E-state index is 0.225. The molecule has 7 nitrogen and oxygen atoms in total. The van der Waals surface area contributed by atoms with Crippen LogP contribution in [0.5, 0.6) is 5.75 Å². The normalized spacial score (nSPS) is 10.1. The van der Waals surface area contributed by atoms with Gasteiger partial charge in [0.25, 0.3) is 0 Å². The molecule has 0 spiro atoms. The van der Waals surface area contributed by atoms with Gasteiger partial charge >= 0.3 is 11.7 Å². The molecule has 2 aromatic rings. The highest BCUT2D eigenvalue weighted by molar-refractivity contribution is 5.86. The highest BCUT2D eigenvalue weighted by atomic mass is 19.1. The van der Waals surface area contributed by atoms with E-state index in [1.807, 2.05) is 0 Å². The minimum atomic E-state index is -1.25. The first-order chi connectivity index (χ1) is 9.99. The number of halogens is 1. The first-order valence-electron chi connectivity index (χ1n) is 5.73. The van der Waals surface area contributed by atoms with Crippen molar-refractivity contribution in [3.8, 4) is 5.75 Å². The van der Waals surface area contributed by atoms with Gasteiger partial charge in [-0.3, -0.25) is 10.1 Å². The van der Waals surface area contributed by atoms with E-state index in [9.17, 15) is 19.3 Å². The predicted octanol–water partition coefficient (Wildman–Crippen LogP) is 2.41. The lowest BCUT2D eigenvalue weighted by atomic mass is 10.2. The number of pyridine rings is 1. The summed E-state index contributed by atoms with van der Waals surface area (Å²) in [5.41, 5.74) is -0.405. The summed E-state index contributed by atoms with van der Waals surface area (Å²) in [6.07, 6.45) is 1.30. The molecule has 0 aliphatic heterocycles. The van der Waals surface area contributed by atoms with E-state index < -0.39 is 22.4 Å². The lowest BCUT2D eigenvalue weighted by Crippen LogP contribution is -2.08. The van der Waals surface area contributed by atoms with Gasteiger partial charge in [-0.25, -0.2) is 14.2 Å². The van der Waals surface area contributed by atoms with E-state index in [4.69, 9.17) is 9.84 Å². The van der Waals surface area contributed by atoms with Gasteiger partial charge in [0.1, 0.15) is 12.4 Å². The lowest BCUT2D eigenvalue weighted by molar-refractivity contribution is -0.386. The number of nitrogens with zero attached hydrogens (tertiary/aromatic N) is 2. The maximum Gasteiger partial charge on any atom is 0.354 e. The molecule has 1 heterocycles. The number of aromatic carboxylic acids is 1. The molecule has 0 bridgehead atoms. The lowest BCUT2D eigenvalue weighted by Gasteiger charge is -2.08. The molecule has 8 heteroatoms. The Morgan fingerprint density at radius 2 is 2.19 bits per heavy atom.